The van der Waals surface area contributed by atoms with E-state index in [1.165, 1.54) is 43.5 Å². The van der Waals surface area contributed by atoms with Crippen molar-refractivity contribution in [1.29, 1.82) is 0 Å². The van der Waals surface area contributed by atoms with Crippen LogP contribution in [0.4, 0.5) is 0 Å². The zero-order chi connectivity index (χ0) is 12.4. The van der Waals surface area contributed by atoms with Gasteiger partial charge in [0.05, 0.1) is 6.61 Å². The van der Waals surface area contributed by atoms with Crippen molar-refractivity contribution in [1.82, 2.24) is 5.32 Å². The van der Waals surface area contributed by atoms with E-state index >= 15 is 0 Å². The molecule has 98 valence electrons. The zero-order valence-corrected chi connectivity index (χ0v) is 11.2. The van der Waals surface area contributed by atoms with Gasteiger partial charge in [0.15, 0.2) is 0 Å². The topological polar surface area (TPSA) is 21.3 Å². The third kappa shape index (κ3) is 2.54. The summed E-state index contributed by atoms with van der Waals surface area (Å²) in [6, 6.07) is 6.74. The molecule has 0 radical (unpaired) electrons. The Morgan fingerprint density at radius 3 is 3.22 bits per heavy atom. The Morgan fingerprint density at radius 1 is 1.39 bits per heavy atom. The first-order valence-corrected chi connectivity index (χ1v) is 7.28. The fraction of sp³-hybridized carbons (Fsp3) is 0.625. The van der Waals surface area contributed by atoms with Gasteiger partial charge in [0.1, 0.15) is 5.75 Å². The molecule has 1 saturated heterocycles. The number of hydrogen-bond acceptors (Lipinski definition) is 2. The van der Waals surface area contributed by atoms with E-state index in [4.69, 9.17) is 4.74 Å². The van der Waals surface area contributed by atoms with Crippen LogP contribution in [0.15, 0.2) is 18.2 Å². The predicted molar refractivity (Wildman–Crippen MR) is 74.1 cm³/mol. The van der Waals surface area contributed by atoms with Crippen LogP contribution in [0.3, 0.4) is 0 Å². The van der Waals surface area contributed by atoms with Crippen molar-refractivity contribution in [3.05, 3.63) is 29.3 Å². The van der Waals surface area contributed by atoms with Gasteiger partial charge in [-0.2, -0.15) is 0 Å². The molecule has 1 fully saturated rings. The second kappa shape index (κ2) is 5.31. The molecular formula is C16H23NO. The van der Waals surface area contributed by atoms with E-state index in [-0.39, 0.29) is 0 Å². The SMILES string of the molecule is CC1CCNCC1CCc1ccc2c(c1)CCO2. The lowest BCUT2D eigenvalue weighted by atomic mass is 9.84. The number of rotatable bonds is 3. The normalized spacial score (nSPS) is 26.7. The molecule has 0 saturated carbocycles. The molecule has 3 rings (SSSR count). The summed E-state index contributed by atoms with van der Waals surface area (Å²) in [5.74, 6) is 2.83. The van der Waals surface area contributed by atoms with Gasteiger partial charge in [0.2, 0.25) is 0 Å². The molecule has 2 aliphatic rings. The minimum absolute atomic E-state index is 0.850. The van der Waals surface area contributed by atoms with Gasteiger partial charge in [-0.3, -0.25) is 0 Å². The molecule has 0 aromatic heterocycles. The van der Waals surface area contributed by atoms with E-state index < -0.39 is 0 Å². The highest BCUT2D eigenvalue weighted by Crippen LogP contribution is 2.28. The average molecular weight is 245 g/mol. The number of benzene rings is 1. The lowest BCUT2D eigenvalue weighted by Gasteiger charge is -2.29. The van der Waals surface area contributed by atoms with Crippen molar-refractivity contribution in [3.8, 4) is 5.75 Å². The standard InChI is InChI=1S/C16H23NO/c1-12-6-8-17-11-15(12)4-2-13-3-5-16-14(10-13)7-9-18-16/h3,5,10,12,15,17H,2,4,6-9,11H2,1H3. The smallest absolute Gasteiger partial charge is 0.122 e. The molecule has 0 aliphatic carbocycles. The number of piperidine rings is 1. The van der Waals surface area contributed by atoms with Gasteiger partial charge in [-0.1, -0.05) is 19.1 Å². The van der Waals surface area contributed by atoms with E-state index in [0.29, 0.717) is 0 Å². The third-order valence-electron chi connectivity index (χ3n) is 4.55. The summed E-state index contributed by atoms with van der Waals surface area (Å²) < 4.78 is 5.55. The number of fused-ring (bicyclic) bond motifs is 1. The number of aryl methyl sites for hydroxylation is 1. The van der Waals surface area contributed by atoms with Crippen molar-refractivity contribution < 1.29 is 4.74 Å². The van der Waals surface area contributed by atoms with E-state index in [0.717, 1.165) is 30.6 Å². The first-order valence-electron chi connectivity index (χ1n) is 7.28. The van der Waals surface area contributed by atoms with E-state index in [2.05, 4.69) is 30.4 Å². The van der Waals surface area contributed by atoms with Crippen molar-refractivity contribution >= 4 is 0 Å². The molecule has 1 N–H and O–H groups in total. The average Bonchev–Trinajstić information content (AvgIpc) is 2.85. The molecule has 0 amide bonds. The Balaban J connectivity index is 1.59. The summed E-state index contributed by atoms with van der Waals surface area (Å²) in [6.07, 6.45) is 4.95. The van der Waals surface area contributed by atoms with Gasteiger partial charge in [-0.15, -0.1) is 0 Å². The van der Waals surface area contributed by atoms with E-state index in [1.807, 2.05) is 0 Å². The monoisotopic (exact) mass is 245 g/mol. The Bertz CT molecular complexity index is 416. The molecule has 2 heteroatoms. The van der Waals surface area contributed by atoms with Crippen LogP contribution < -0.4 is 10.1 Å². The summed E-state index contributed by atoms with van der Waals surface area (Å²) in [7, 11) is 0. The van der Waals surface area contributed by atoms with Crippen LogP contribution in [-0.2, 0) is 12.8 Å². The molecule has 2 unspecified atom stereocenters. The molecular weight excluding hydrogens is 222 g/mol. The van der Waals surface area contributed by atoms with Crippen LogP contribution in [0, 0.1) is 11.8 Å². The van der Waals surface area contributed by atoms with Crippen LogP contribution in [0.1, 0.15) is 30.9 Å². The summed E-state index contributed by atoms with van der Waals surface area (Å²) in [4.78, 5) is 0. The molecule has 2 aliphatic heterocycles. The van der Waals surface area contributed by atoms with Crippen LogP contribution in [0.25, 0.3) is 0 Å². The molecule has 18 heavy (non-hydrogen) atoms. The fourth-order valence-electron chi connectivity index (χ4n) is 3.19. The summed E-state index contributed by atoms with van der Waals surface area (Å²) >= 11 is 0. The van der Waals surface area contributed by atoms with Crippen LogP contribution in [0.2, 0.25) is 0 Å². The van der Waals surface area contributed by atoms with Crippen molar-refractivity contribution in [2.45, 2.75) is 32.6 Å². The highest BCUT2D eigenvalue weighted by molar-refractivity contribution is 5.39. The Labute approximate surface area is 110 Å². The van der Waals surface area contributed by atoms with Gasteiger partial charge < -0.3 is 10.1 Å². The van der Waals surface area contributed by atoms with Crippen molar-refractivity contribution in [2.24, 2.45) is 11.8 Å². The van der Waals surface area contributed by atoms with Crippen LogP contribution in [0.5, 0.6) is 5.75 Å². The van der Waals surface area contributed by atoms with E-state index in [1.54, 1.807) is 0 Å². The highest BCUT2D eigenvalue weighted by Gasteiger charge is 2.20. The molecule has 0 spiro atoms. The first kappa shape index (κ1) is 12.0. The Kier molecular flexibility index (Phi) is 3.55. The molecule has 0 bridgehead atoms. The minimum atomic E-state index is 0.850. The number of hydrogen-bond donors (Lipinski definition) is 1. The molecule has 2 nitrogen and oxygen atoms in total. The van der Waals surface area contributed by atoms with Crippen LogP contribution in [-0.4, -0.2) is 19.7 Å². The van der Waals surface area contributed by atoms with Gasteiger partial charge in [0, 0.05) is 6.42 Å². The van der Waals surface area contributed by atoms with E-state index in [9.17, 15) is 0 Å². The third-order valence-corrected chi connectivity index (χ3v) is 4.55. The maximum Gasteiger partial charge on any atom is 0.122 e. The van der Waals surface area contributed by atoms with Crippen LogP contribution >= 0.6 is 0 Å². The largest absolute Gasteiger partial charge is 0.493 e. The Hall–Kier alpha value is -1.02. The quantitative estimate of drug-likeness (QED) is 0.884. The first-order chi connectivity index (χ1) is 8.83. The second-order valence-electron chi connectivity index (χ2n) is 5.81. The van der Waals surface area contributed by atoms with Gasteiger partial charge in [-0.25, -0.2) is 0 Å². The minimum Gasteiger partial charge on any atom is -0.493 e. The van der Waals surface area contributed by atoms with Gasteiger partial charge >= 0.3 is 0 Å². The summed E-state index contributed by atoms with van der Waals surface area (Å²) in [6.45, 7) is 5.67. The fourth-order valence-corrected chi connectivity index (χ4v) is 3.19. The second-order valence-corrected chi connectivity index (χ2v) is 5.81. The lowest BCUT2D eigenvalue weighted by Crippen LogP contribution is -2.35. The predicted octanol–water partition coefficient (Wildman–Crippen LogP) is 2.80. The highest BCUT2D eigenvalue weighted by atomic mass is 16.5. The number of ether oxygens (including phenoxy) is 1. The number of nitrogens with one attached hydrogen (secondary N) is 1. The van der Waals surface area contributed by atoms with Gasteiger partial charge in [-0.05, 0) is 61.4 Å². The maximum atomic E-state index is 5.55. The Morgan fingerprint density at radius 2 is 2.33 bits per heavy atom. The summed E-state index contributed by atoms with van der Waals surface area (Å²) in [5.41, 5.74) is 2.89. The molecule has 1 aromatic rings. The zero-order valence-electron chi connectivity index (χ0n) is 11.2. The van der Waals surface area contributed by atoms with Crippen molar-refractivity contribution in [3.63, 3.8) is 0 Å². The molecule has 2 heterocycles. The molecule has 2 atom stereocenters. The van der Waals surface area contributed by atoms with Crippen molar-refractivity contribution in [2.75, 3.05) is 19.7 Å². The lowest BCUT2D eigenvalue weighted by molar-refractivity contribution is 0.260. The molecule has 1 aromatic carbocycles. The summed E-state index contributed by atoms with van der Waals surface area (Å²) in [5, 5.41) is 3.52. The van der Waals surface area contributed by atoms with Gasteiger partial charge in [0.25, 0.3) is 0 Å². The maximum absolute atomic E-state index is 5.55.